The normalized spacial score (nSPS) is 16.8. The van der Waals surface area contributed by atoms with Gasteiger partial charge in [0.15, 0.2) is 11.6 Å². The Morgan fingerprint density at radius 3 is 2.29 bits per heavy atom. The zero-order chi connectivity index (χ0) is 53.7. The second-order valence-electron chi connectivity index (χ2n) is 19.8. The van der Waals surface area contributed by atoms with Crippen LogP contribution in [-0.2, 0) is 32.0 Å². The molecule has 3 atom stereocenters. The Balaban J connectivity index is 1.12. The number of thiophene rings is 1. The molecule has 0 N–H and O–H groups in total. The van der Waals surface area contributed by atoms with Crippen molar-refractivity contribution in [2.45, 2.75) is 71.6 Å². The molecular weight excluding hydrogens is 1030 g/mol. The van der Waals surface area contributed by atoms with Crippen LogP contribution in [0.25, 0.3) is 43.2 Å². The highest BCUT2D eigenvalue weighted by atomic mass is 35.5. The van der Waals surface area contributed by atoms with E-state index >= 15 is 0 Å². The highest BCUT2D eigenvalue weighted by Gasteiger charge is 2.34. The lowest BCUT2D eigenvalue weighted by molar-refractivity contribution is -0.163. The van der Waals surface area contributed by atoms with Crippen LogP contribution in [0, 0.1) is 19.7 Å². The molecule has 6 heterocycles. The maximum absolute atomic E-state index is 14.6. The fourth-order valence-corrected chi connectivity index (χ4v) is 10.8. The molecule has 4 bridgehead atoms. The number of esters is 1. The van der Waals surface area contributed by atoms with Gasteiger partial charge in [-0.25, -0.2) is 29.1 Å². The number of methoxy groups -OCH3 is 2. The molecule has 15 nitrogen and oxygen atoms in total. The van der Waals surface area contributed by atoms with Crippen molar-refractivity contribution in [3.05, 3.63) is 124 Å². The molecule has 0 saturated carbocycles. The molecule has 10 rings (SSSR count). The van der Waals surface area contributed by atoms with E-state index in [4.69, 9.17) is 76.0 Å². The highest BCUT2D eigenvalue weighted by Crippen LogP contribution is 2.53. The van der Waals surface area contributed by atoms with Gasteiger partial charge in [-0.3, -0.25) is 4.90 Å². The summed E-state index contributed by atoms with van der Waals surface area (Å²) in [7, 11) is 5.35. The summed E-state index contributed by atoms with van der Waals surface area (Å²) in [5.74, 6) is 1.50. The Morgan fingerprint density at radius 2 is 1.59 bits per heavy atom. The van der Waals surface area contributed by atoms with Crippen LogP contribution in [0.15, 0.2) is 85.3 Å². The second-order valence-corrected chi connectivity index (χ2v) is 21.6. The van der Waals surface area contributed by atoms with Crippen LogP contribution < -0.4 is 23.7 Å². The summed E-state index contributed by atoms with van der Waals surface area (Å²) in [6.45, 7) is 14.1. The molecule has 3 aliphatic rings. The lowest BCUT2D eigenvalue weighted by Crippen LogP contribution is -2.49. The summed E-state index contributed by atoms with van der Waals surface area (Å²) in [6.07, 6.45) is 1.01. The van der Waals surface area contributed by atoms with Gasteiger partial charge in [0.2, 0.25) is 12.0 Å². The van der Waals surface area contributed by atoms with Gasteiger partial charge in [-0.1, -0.05) is 35.3 Å². The first-order valence-corrected chi connectivity index (χ1v) is 26.6. The molecule has 1 fully saturated rings. The lowest BCUT2D eigenvalue weighted by atomic mass is 9.92. The van der Waals surface area contributed by atoms with E-state index in [-0.39, 0.29) is 37.4 Å². The summed E-state index contributed by atoms with van der Waals surface area (Å²) in [5.41, 5.74) is 4.47. The molecular formula is C57H61Cl2FN6O9S. The van der Waals surface area contributed by atoms with Crippen LogP contribution in [0.3, 0.4) is 0 Å². The molecule has 3 aromatic heterocycles. The summed E-state index contributed by atoms with van der Waals surface area (Å²) in [6, 6.07) is 20.9. The van der Waals surface area contributed by atoms with Crippen LogP contribution in [0.1, 0.15) is 43.2 Å². The number of ether oxygens (including phenoxy) is 8. The molecule has 0 radical (unpaired) electrons. The van der Waals surface area contributed by atoms with Crippen LogP contribution >= 0.6 is 34.5 Å². The summed E-state index contributed by atoms with van der Waals surface area (Å²) < 4.78 is 64.2. The number of rotatable bonds is 14. The number of hydrogen-bond acceptors (Lipinski definition) is 16. The number of carbonyl (C=O) groups excluding carboxylic acids is 1. The van der Waals surface area contributed by atoms with E-state index in [0.29, 0.717) is 108 Å². The van der Waals surface area contributed by atoms with Crippen molar-refractivity contribution < 1.29 is 47.1 Å². The van der Waals surface area contributed by atoms with Crippen LogP contribution in [-0.4, -0.2) is 133 Å². The molecule has 76 heavy (non-hydrogen) atoms. The zero-order valence-electron chi connectivity index (χ0n) is 43.8. The Morgan fingerprint density at radius 1 is 0.868 bits per heavy atom. The van der Waals surface area contributed by atoms with Crippen LogP contribution in [0.2, 0.25) is 10.0 Å². The minimum atomic E-state index is -1.28. The molecule has 7 aromatic rings. The third-order valence-electron chi connectivity index (χ3n) is 13.1. The van der Waals surface area contributed by atoms with E-state index in [0.717, 1.165) is 36.6 Å². The van der Waals surface area contributed by atoms with Crippen molar-refractivity contribution in [1.29, 1.82) is 0 Å². The van der Waals surface area contributed by atoms with E-state index in [1.165, 1.54) is 29.8 Å². The molecule has 0 aliphatic carbocycles. The third kappa shape index (κ3) is 12.8. The minimum absolute atomic E-state index is 0.0392. The van der Waals surface area contributed by atoms with Gasteiger partial charge < -0.3 is 42.8 Å². The number of hydrogen-bond donors (Lipinski definition) is 0. The first kappa shape index (κ1) is 54.6. The van der Waals surface area contributed by atoms with Crippen molar-refractivity contribution in [2.75, 3.05) is 73.8 Å². The molecule has 1 saturated heterocycles. The van der Waals surface area contributed by atoms with Gasteiger partial charge in [-0.2, -0.15) is 0 Å². The lowest BCUT2D eigenvalue weighted by Gasteiger charge is -2.35. The van der Waals surface area contributed by atoms with Crippen molar-refractivity contribution in [3.8, 4) is 61.8 Å². The summed E-state index contributed by atoms with van der Waals surface area (Å²) in [4.78, 5) is 39.4. The first-order chi connectivity index (χ1) is 36.5. The topological polar surface area (TPSA) is 149 Å². The highest BCUT2D eigenvalue weighted by molar-refractivity contribution is 7.22. The van der Waals surface area contributed by atoms with Gasteiger partial charge in [0, 0.05) is 81.1 Å². The predicted octanol–water partition coefficient (Wildman–Crippen LogP) is 10.9. The third-order valence-corrected chi connectivity index (χ3v) is 15.1. The number of fused-ring (bicyclic) bond motifs is 7. The largest absolute Gasteiger partial charge is 0.491 e. The monoisotopic (exact) mass is 1090 g/mol. The van der Waals surface area contributed by atoms with Gasteiger partial charge in [-0.15, -0.1) is 11.3 Å². The number of nitrogens with zero attached hydrogens (tertiary/aromatic N) is 6. The average Bonchev–Trinajstić information content (AvgIpc) is 3.89. The summed E-state index contributed by atoms with van der Waals surface area (Å²) in [5, 5.41) is 1.12. The Hall–Kier alpha value is -6.18. The fraction of sp³-hybridized carbons (Fsp3) is 0.386. The van der Waals surface area contributed by atoms with Gasteiger partial charge in [0.25, 0.3) is 0 Å². The van der Waals surface area contributed by atoms with Crippen molar-refractivity contribution in [3.63, 3.8) is 0 Å². The van der Waals surface area contributed by atoms with Crippen LogP contribution in [0.4, 0.5) is 4.39 Å². The molecule has 19 heteroatoms. The molecule has 3 aliphatic heterocycles. The molecule has 0 amide bonds. The SMILES string of the molecule is COC[C@H](COc1ccc(-c2nccc(COc3ccc4cc3C[C@H](C(=O)OC(C)(C)C)Oc3ncnc5sc(-c6ccc(F)cc6)c(c35)-c3c(C)c(Cl)c(c(Cl)c3C)O[C@H](CN3CCN(C)CC3)CO4)n2)cc1)OC. The van der Waals surface area contributed by atoms with Gasteiger partial charge in [0.05, 0.1) is 27.7 Å². The number of likely N-dealkylation sites (N-methyl/N-ethyl adjacent to an activating group) is 1. The van der Waals surface area contributed by atoms with E-state index in [2.05, 4.69) is 21.8 Å². The van der Waals surface area contributed by atoms with Gasteiger partial charge in [-0.05, 0) is 125 Å². The zero-order valence-corrected chi connectivity index (χ0v) is 46.1. The van der Waals surface area contributed by atoms with E-state index in [1.54, 1.807) is 65.5 Å². The van der Waals surface area contributed by atoms with Crippen molar-refractivity contribution >= 4 is 50.7 Å². The average molecular weight is 1100 g/mol. The second kappa shape index (κ2) is 24.0. The summed E-state index contributed by atoms with van der Waals surface area (Å²) >= 11 is 16.2. The maximum atomic E-state index is 14.6. The number of piperazine rings is 1. The number of carbonyl (C=O) groups is 1. The van der Waals surface area contributed by atoms with E-state index in [9.17, 15) is 9.18 Å². The molecule has 4 aromatic carbocycles. The van der Waals surface area contributed by atoms with Crippen molar-refractivity contribution in [1.82, 2.24) is 29.7 Å². The Bertz CT molecular complexity index is 3140. The van der Waals surface area contributed by atoms with E-state index < -0.39 is 23.8 Å². The molecule has 0 unspecified atom stereocenters. The molecule has 400 valence electrons. The van der Waals surface area contributed by atoms with Crippen LogP contribution in [0.5, 0.6) is 28.9 Å². The smallest absolute Gasteiger partial charge is 0.348 e. The fourth-order valence-electron chi connectivity index (χ4n) is 9.10. The van der Waals surface area contributed by atoms with Gasteiger partial charge >= 0.3 is 5.97 Å². The van der Waals surface area contributed by atoms with Crippen molar-refractivity contribution in [2.24, 2.45) is 0 Å². The maximum Gasteiger partial charge on any atom is 0.348 e. The number of halogens is 3. The minimum Gasteiger partial charge on any atom is -0.491 e. The standard InChI is InChI=1S/C57H61Cl2FN6O9S/c1-33-46-34(2)50(59)51(49(33)58)73-42(27-66-23-21-65(6)22-24-66)30-71-41-17-18-44(72-28-39-19-20-61-53(64-39)36-11-15-40(16-12-36)70-31-43(69-8)29-68-7)37(25-41)26-45(56(67)75-57(3,4)5)74-54-48-47(46)52(76-55(48)63-32-62-54)35-9-13-38(60)14-10-35/h9-20,25,32,42-43,45H,21-24,26-31H2,1-8H3/t42-,43-,45-/m1/s1. The number of benzene rings is 4. The quantitative estimate of drug-likeness (QED) is 0.0950. The predicted molar refractivity (Wildman–Crippen MR) is 292 cm³/mol. The Kier molecular flexibility index (Phi) is 17.3. The number of aromatic nitrogens is 4. The first-order valence-electron chi connectivity index (χ1n) is 25.0. The molecule has 0 spiro atoms. The van der Waals surface area contributed by atoms with E-state index in [1.807, 2.05) is 50.2 Å². The Labute approximate surface area is 456 Å². The van der Waals surface area contributed by atoms with Gasteiger partial charge in [0.1, 0.15) is 71.9 Å².